The molecule has 0 aliphatic rings. The Morgan fingerprint density at radius 3 is 2.70 bits per heavy atom. The van der Waals surface area contributed by atoms with E-state index in [2.05, 4.69) is 48.0 Å². The van der Waals surface area contributed by atoms with Gasteiger partial charge < -0.3 is 15.0 Å². The minimum absolute atomic E-state index is 0.437. The van der Waals surface area contributed by atoms with E-state index in [9.17, 15) is 0 Å². The zero-order valence-electron chi connectivity index (χ0n) is 13.4. The third-order valence-electron chi connectivity index (χ3n) is 3.02. The minimum Gasteiger partial charge on any atom is -0.377 e. The average Bonchev–Trinajstić information content (AvgIpc) is 2.42. The number of rotatable bonds is 9. The van der Waals surface area contributed by atoms with Gasteiger partial charge in [-0.2, -0.15) is 0 Å². The van der Waals surface area contributed by atoms with Crippen molar-refractivity contribution in [3.05, 3.63) is 11.9 Å². The highest BCUT2D eigenvalue weighted by Gasteiger charge is 2.09. The Kier molecular flexibility index (Phi) is 7.30. The van der Waals surface area contributed by atoms with E-state index in [4.69, 9.17) is 4.74 Å². The van der Waals surface area contributed by atoms with Crippen LogP contribution in [0.4, 0.5) is 11.6 Å². The smallest absolute Gasteiger partial charge is 0.158 e. The fourth-order valence-corrected chi connectivity index (χ4v) is 1.78. The van der Waals surface area contributed by atoms with Crippen LogP contribution in [0.3, 0.4) is 0 Å². The minimum atomic E-state index is 0.437. The van der Waals surface area contributed by atoms with Gasteiger partial charge in [0.05, 0.1) is 0 Å². The zero-order chi connectivity index (χ0) is 15.0. The van der Waals surface area contributed by atoms with Crippen molar-refractivity contribution in [1.29, 1.82) is 0 Å². The van der Waals surface area contributed by atoms with Gasteiger partial charge in [0.25, 0.3) is 0 Å². The number of hydrogen-bond donors (Lipinski definition) is 1. The molecule has 0 aliphatic carbocycles. The Balaban J connectivity index is 2.83. The van der Waals surface area contributed by atoms with Crippen molar-refractivity contribution in [2.24, 2.45) is 5.92 Å². The monoisotopic (exact) mass is 280 g/mol. The molecule has 0 saturated carbocycles. The predicted octanol–water partition coefficient (Wildman–Crippen LogP) is 2.93. The molecular weight excluding hydrogens is 252 g/mol. The van der Waals surface area contributed by atoms with Crippen LogP contribution >= 0.6 is 0 Å². The molecular formula is C15H28N4O. The van der Waals surface area contributed by atoms with E-state index in [1.165, 1.54) is 0 Å². The number of nitrogens with zero attached hydrogens (tertiary/aromatic N) is 3. The lowest BCUT2D eigenvalue weighted by atomic mass is 10.1. The van der Waals surface area contributed by atoms with Gasteiger partial charge in [-0.3, -0.25) is 0 Å². The van der Waals surface area contributed by atoms with Crippen LogP contribution in [0.1, 0.15) is 39.4 Å². The number of nitrogens with one attached hydrogen (secondary N) is 1. The lowest BCUT2D eigenvalue weighted by molar-refractivity contribution is 0.178. The van der Waals surface area contributed by atoms with Crippen molar-refractivity contribution >= 4 is 11.6 Å². The van der Waals surface area contributed by atoms with Crippen molar-refractivity contribution in [3.63, 3.8) is 0 Å². The Morgan fingerprint density at radius 2 is 2.10 bits per heavy atom. The molecule has 20 heavy (non-hydrogen) atoms. The molecule has 1 aromatic heterocycles. The molecule has 114 valence electrons. The van der Waals surface area contributed by atoms with E-state index in [0.29, 0.717) is 12.5 Å². The standard InChI is InChI=1S/C15H28N4O/c1-6-8-16-13-10-15(18-14(17-13)11-20-5)19(4)9-7-12(2)3/h10,12H,6-9,11H2,1-5H3,(H,16,17,18). The van der Waals surface area contributed by atoms with Crippen molar-refractivity contribution < 1.29 is 4.74 Å². The molecule has 0 radical (unpaired) electrons. The summed E-state index contributed by atoms with van der Waals surface area (Å²) >= 11 is 0. The first-order valence-electron chi connectivity index (χ1n) is 7.38. The molecule has 0 fully saturated rings. The molecule has 0 aromatic carbocycles. The Morgan fingerprint density at radius 1 is 1.35 bits per heavy atom. The molecule has 1 heterocycles. The van der Waals surface area contributed by atoms with Gasteiger partial charge in [0.15, 0.2) is 5.82 Å². The third kappa shape index (κ3) is 5.74. The van der Waals surface area contributed by atoms with E-state index in [-0.39, 0.29) is 0 Å². The fraction of sp³-hybridized carbons (Fsp3) is 0.733. The SMILES string of the molecule is CCCNc1cc(N(C)CCC(C)C)nc(COC)n1. The molecule has 0 atom stereocenters. The highest BCUT2D eigenvalue weighted by atomic mass is 16.5. The summed E-state index contributed by atoms with van der Waals surface area (Å²) in [4.78, 5) is 11.2. The van der Waals surface area contributed by atoms with Crippen LogP contribution in [0.2, 0.25) is 0 Å². The van der Waals surface area contributed by atoms with Crippen LogP contribution in [0.15, 0.2) is 6.07 Å². The lowest BCUT2D eigenvalue weighted by Gasteiger charge is -2.20. The molecule has 1 rings (SSSR count). The molecule has 0 bridgehead atoms. The summed E-state index contributed by atoms with van der Waals surface area (Å²) in [6.45, 7) is 8.95. The van der Waals surface area contributed by atoms with E-state index in [1.54, 1.807) is 7.11 Å². The molecule has 5 heteroatoms. The first kappa shape index (κ1) is 16.7. The maximum atomic E-state index is 5.15. The highest BCUT2D eigenvalue weighted by Crippen LogP contribution is 2.16. The van der Waals surface area contributed by atoms with Gasteiger partial charge in [-0.25, -0.2) is 9.97 Å². The second-order valence-corrected chi connectivity index (χ2v) is 5.49. The van der Waals surface area contributed by atoms with Gasteiger partial charge in [0.2, 0.25) is 0 Å². The molecule has 0 spiro atoms. The molecule has 1 aromatic rings. The Labute approximate surface area is 122 Å². The summed E-state index contributed by atoms with van der Waals surface area (Å²) in [7, 11) is 3.74. The summed E-state index contributed by atoms with van der Waals surface area (Å²) in [6.07, 6.45) is 2.22. The van der Waals surface area contributed by atoms with Gasteiger partial charge in [0, 0.05) is 33.3 Å². The number of ether oxygens (including phenoxy) is 1. The van der Waals surface area contributed by atoms with Crippen LogP contribution < -0.4 is 10.2 Å². The Hall–Kier alpha value is -1.36. The van der Waals surface area contributed by atoms with Crippen molar-refractivity contribution in [3.8, 4) is 0 Å². The van der Waals surface area contributed by atoms with Crippen LogP contribution in [-0.4, -0.2) is 37.2 Å². The summed E-state index contributed by atoms with van der Waals surface area (Å²) in [6, 6.07) is 2.01. The van der Waals surface area contributed by atoms with E-state index in [1.807, 2.05) is 6.07 Å². The van der Waals surface area contributed by atoms with Crippen LogP contribution in [0.5, 0.6) is 0 Å². The largest absolute Gasteiger partial charge is 0.377 e. The van der Waals surface area contributed by atoms with Crippen LogP contribution in [0, 0.1) is 5.92 Å². The third-order valence-corrected chi connectivity index (χ3v) is 3.02. The molecule has 0 aliphatic heterocycles. The van der Waals surface area contributed by atoms with E-state index in [0.717, 1.165) is 43.4 Å². The zero-order valence-corrected chi connectivity index (χ0v) is 13.4. The summed E-state index contributed by atoms with van der Waals surface area (Å²) in [5.41, 5.74) is 0. The number of anilines is 2. The first-order valence-corrected chi connectivity index (χ1v) is 7.38. The molecule has 0 saturated heterocycles. The molecule has 0 unspecified atom stereocenters. The van der Waals surface area contributed by atoms with Crippen molar-refractivity contribution in [2.45, 2.75) is 40.2 Å². The maximum Gasteiger partial charge on any atom is 0.158 e. The molecule has 0 amide bonds. The van der Waals surface area contributed by atoms with Gasteiger partial charge in [0.1, 0.15) is 18.2 Å². The lowest BCUT2D eigenvalue weighted by Crippen LogP contribution is -2.22. The number of hydrogen-bond acceptors (Lipinski definition) is 5. The summed E-state index contributed by atoms with van der Waals surface area (Å²) in [5.74, 6) is 3.24. The second-order valence-electron chi connectivity index (χ2n) is 5.49. The predicted molar refractivity (Wildman–Crippen MR) is 84.3 cm³/mol. The molecule has 1 N–H and O–H groups in total. The Bertz CT molecular complexity index is 395. The van der Waals surface area contributed by atoms with Crippen LogP contribution in [0.25, 0.3) is 0 Å². The van der Waals surface area contributed by atoms with Crippen molar-refractivity contribution in [1.82, 2.24) is 9.97 Å². The van der Waals surface area contributed by atoms with Crippen LogP contribution in [-0.2, 0) is 11.3 Å². The maximum absolute atomic E-state index is 5.15. The quantitative estimate of drug-likeness (QED) is 0.753. The molecule has 5 nitrogen and oxygen atoms in total. The van der Waals surface area contributed by atoms with Gasteiger partial charge >= 0.3 is 0 Å². The number of aromatic nitrogens is 2. The topological polar surface area (TPSA) is 50.3 Å². The van der Waals surface area contributed by atoms with E-state index >= 15 is 0 Å². The van der Waals surface area contributed by atoms with E-state index < -0.39 is 0 Å². The highest BCUT2D eigenvalue weighted by molar-refractivity contribution is 5.49. The summed E-state index contributed by atoms with van der Waals surface area (Å²) < 4.78 is 5.15. The second kappa shape index (κ2) is 8.74. The summed E-state index contributed by atoms with van der Waals surface area (Å²) in [5, 5.41) is 3.32. The normalized spacial score (nSPS) is 10.9. The van der Waals surface area contributed by atoms with Crippen molar-refractivity contribution in [2.75, 3.05) is 37.5 Å². The fourth-order valence-electron chi connectivity index (χ4n) is 1.78. The van der Waals surface area contributed by atoms with Gasteiger partial charge in [-0.05, 0) is 18.8 Å². The average molecular weight is 280 g/mol. The number of methoxy groups -OCH3 is 1. The van der Waals surface area contributed by atoms with Gasteiger partial charge in [-0.1, -0.05) is 20.8 Å². The van der Waals surface area contributed by atoms with Gasteiger partial charge in [-0.15, -0.1) is 0 Å². The first-order chi connectivity index (χ1) is 9.56.